The fourth-order valence-corrected chi connectivity index (χ4v) is 2.91. The number of aromatic nitrogens is 2. The molecule has 1 aromatic heterocycles. The molecule has 6 nitrogen and oxygen atoms in total. The van der Waals surface area contributed by atoms with Gasteiger partial charge in [-0.15, -0.1) is 0 Å². The molecule has 0 atom stereocenters. The second-order valence-corrected chi connectivity index (χ2v) is 5.85. The van der Waals surface area contributed by atoms with Crippen molar-refractivity contribution in [1.82, 2.24) is 9.78 Å². The monoisotopic (exact) mass is 336 g/mol. The van der Waals surface area contributed by atoms with E-state index in [1.807, 2.05) is 6.92 Å². The summed E-state index contributed by atoms with van der Waals surface area (Å²) >= 11 is 6.10. The largest absolute Gasteiger partial charge is 0.467 e. The molecule has 122 valence electrons. The Morgan fingerprint density at radius 1 is 1.43 bits per heavy atom. The van der Waals surface area contributed by atoms with E-state index in [0.29, 0.717) is 28.6 Å². The summed E-state index contributed by atoms with van der Waals surface area (Å²) in [5.41, 5.74) is 3.48. The predicted octanol–water partition coefficient (Wildman–Crippen LogP) is 2.91. The maximum absolute atomic E-state index is 12.4. The van der Waals surface area contributed by atoms with Crippen LogP contribution in [0, 0.1) is 13.8 Å². The topological polar surface area (TPSA) is 62.6 Å². The molecule has 0 aliphatic carbocycles. The molecule has 0 bridgehead atoms. The van der Waals surface area contributed by atoms with E-state index in [0.717, 1.165) is 16.8 Å². The Kier molecular flexibility index (Phi) is 4.28. The lowest BCUT2D eigenvalue weighted by molar-refractivity contribution is -0.0180. The maximum atomic E-state index is 12.4. The summed E-state index contributed by atoms with van der Waals surface area (Å²) in [6, 6.07) is 3.53. The summed E-state index contributed by atoms with van der Waals surface area (Å²) in [5, 5.41) is 4.78. The van der Waals surface area contributed by atoms with Gasteiger partial charge in [-0.2, -0.15) is 5.10 Å². The molecule has 3 rings (SSSR count). The van der Waals surface area contributed by atoms with Crippen LogP contribution in [-0.4, -0.2) is 22.5 Å². The summed E-state index contributed by atoms with van der Waals surface area (Å²) in [4.78, 5) is 12.4. The highest BCUT2D eigenvalue weighted by Crippen LogP contribution is 2.32. The zero-order valence-electron chi connectivity index (χ0n) is 13.2. The van der Waals surface area contributed by atoms with E-state index >= 15 is 0 Å². The Labute approximate surface area is 138 Å². The molecular formula is C16H17ClN2O4. The molecule has 0 amide bonds. The van der Waals surface area contributed by atoms with Crippen LogP contribution in [0.2, 0.25) is 5.02 Å². The Morgan fingerprint density at radius 3 is 2.91 bits per heavy atom. The molecule has 0 radical (unpaired) electrons. The smallest absolute Gasteiger partial charge is 0.342 e. The fourth-order valence-electron chi connectivity index (χ4n) is 2.65. The fraction of sp³-hybridized carbons (Fsp3) is 0.375. The van der Waals surface area contributed by atoms with E-state index in [2.05, 4.69) is 5.10 Å². The van der Waals surface area contributed by atoms with Crippen molar-refractivity contribution in [3.63, 3.8) is 0 Å². The van der Waals surface area contributed by atoms with Crippen molar-refractivity contribution in [2.24, 2.45) is 7.05 Å². The van der Waals surface area contributed by atoms with Crippen molar-refractivity contribution in [2.75, 3.05) is 6.79 Å². The third kappa shape index (κ3) is 3.04. The van der Waals surface area contributed by atoms with Crippen LogP contribution in [0.5, 0.6) is 5.75 Å². The van der Waals surface area contributed by atoms with Crippen LogP contribution < -0.4 is 4.74 Å². The summed E-state index contributed by atoms with van der Waals surface area (Å²) in [7, 11) is 1.79. The van der Waals surface area contributed by atoms with Gasteiger partial charge >= 0.3 is 5.97 Å². The van der Waals surface area contributed by atoms with Crippen LogP contribution in [0.25, 0.3) is 0 Å². The average Bonchev–Trinajstić information content (AvgIpc) is 2.77. The number of fused-ring (bicyclic) bond motifs is 1. The van der Waals surface area contributed by atoms with Crippen LogP contribution in [-0.2, 0) is 29.7 Å². The van der Waals surface area contributed by atoms with Crippen molar-refractivity contribution in [1.29, 1.82) is 0 Å². The Hall–Kier alpha value is -2.05. The first-order valence-electron chi connectivity index (χ1n) is 7.16. The summed E-state index contributed by atoms with van der Waals surface area (Å²) in [5.74, 6) is 0.266. The number of halogens is 1. The van der Waals surface area contributed by atoms with Crippen molar-refractivity contribution >= 4 is 17.6 Å². The van der Waals surface area contributed by atoms with Crippen molar-refractivity contribution < 1.29 is 19.0 Å². The second-order valence-electron chi connectivity index (χ2n) is 5.41. The number of aryl methyl sites for hydroxylation is 2. The molecule has 2 aromatic rings. The average molecular weight is 337 g/mol. The predicted molar refractivity (Wildman–Crippen MR) is 83.5 cm³/mol. The van der Waals surface area contributed by atoms with Crippen molar-refractivity contribution in [3.05, 3.63) is 45.2 Å². The van der Waals surface area contributed by atoms with Crippen LogP contribution >= 0.6 is 11.6 Å². The van der Waals surface area contributed by atoms with Gasteiger partial charge in [0.2, 0.25) is 0 Å². The van der Waals surface area contributed by atoms with Gasteiger partial charge in [-0.05, 0) is 26.0 Å². The molecule has 0 fully saturated rings. The molecule has 1 aliphatic heterocycles. The Morgan fingerprint density at radius 2 is 2.22 bits per heavy atom. The van der Waals surface area contributed by atoms with Gasteiger partial charge in [-0.3, -0.25) is 4.68 Å². The maximum Gasteiger partial charge on any atom is 0.342 e. The lowest BCUT2D eigenvalue weighted by Crippen LogP contribution is -2.14. The minimum atomic E-state index is -0.408. The van der Waals surface area contributed by atoms with Crippen LogP contribution in [0.1, 0.15) is 32.9 Å². The van der Waals surface area contributed by atoms with Gasteiger partial charge in [-0.25, -0.2) is 4.79 Å². The molecule has 1 aromatic carbocycles. The number of benzene rings is 1. The second kappa shape index (κ2) is 6.22. The highest BCUT2D eigenvalue weighted by atomic mass is 35.5. The first-order chi connectivity index (χ1) is 11.0. The number of nitrogens with zero attached hydrogens (tertiary/aromatic N) is 2. The molecule has 0 N–H and O–H groups in total. The highest BCUT2D eigenvalue weighted by molar-refractivity contribution is 6.30. The summed E-state index contributed by atoms with van der Waals surface area (Å²) < 4.78 is 17.8. The van der Waals surface area contributed by atoms with Gasteiger partial charge in [0.15, 0.2) is 6.79 Å². The van der Waals surface area contributed by atoms with Gasteiger partial charge in [0, 0.05) is 28.9 Å². The Bertz CT molecular complexity index is 770. The quantitative estimate of drug-likeness (QED) is 0.806. The first-order valence-corrected chi connectivity index (χ1v) is 7.54. The number of esters is 1. The van der Waals surface area contributed by atoms with Gasteiger partial charge in [0.25, 0.3) is 0 Å². The van der Waals surface area contributed by atoms with Gasteiger partial charge in [0.1, 0.15) is 17.9 Å². The number of carbonyl (C=O) groups excluding carboxylic acids is 1. The summed E-state index contributed by atoms with van der Waals surface area (Å²) in [6.07, 6.45) is 0. The minimum Gasteiger partial charge on any atom is -0.467 e. The molecule has 7 heteroatoms. The van der Waals surface area contributed by atoms with Gasteiger partial charge in [0.05, 0.1) is 12.3 Å². The van der Waals surface area contributed by atoms with Crippen molar-refractivity contribution in [2.45, 2.75) is 27.1 Å². The number of ether oxygens (including phenoxy) is 3. The lowest BCUT2D eigenvalue weighted by Gasteiger charge is -2.21. The zero-order valence-corrected chi connectivity index (χ0v) is 13.9. The molecule has 2 heterocycles. The normalized spacial score (nSPS) is 13.4. The molecule has 23 heavy (non-hydrogen) atoms. The van der Waals surface area contributed by atoms with Crippen molar-refractivity contribution in [3.8, 4) is 5.75 Å². The van der Waals surface area contributed by atoms with E-state index in [-0.39, 0.29) is 13.4 Å². The molecule has 0 unspecified atom stereocenters. The van der Waals surface area contributed by atoms with E-state index in [1.165, 1.54) is 0 Å². The summed E-state index contributed by atoms with van der Waals surface area (Å²) in [6.45, 7) is 4.30. The van der Waals surface area contributed by atoms with Crippen LogP contribution in [0.3, 0.4) is 0 Å². The minimum absolute atomic E-state index is 0.0789. The SMILES string of the molecule is Cc1nn(C)c(C)c1C(=O)OCc1cc(Cl)cc2c1OCOC2. The lowest BCUT2D eigenvalue weighted by atomic mass is 10.1. The highest BCUT2D eigenvalue weighted by Gasteiger charge is 2.21. The van der Waals surface area contributed by atoms with Crippen LogP contribution in [0.4, 0.5) is 0 Å². The number of hydrogen-bond donors (Lipinski definition) is 0. The molecule has 0 spiro atoms. The molecular weight excluding hydrogens is 320 g/mol. The van der Waals surface area contributed by atoms with E-state index < -0.39 is 5.97 Å². The number of rotatable bonds is 3. The molecule has 1 aliphatic rings. The zero-order chi connectivity index (χ0) is 16.6. The van der Waals surface area contributed by atoms with Crippen LogP contribution in [0.15, 0.2) is 12.1 Å². The van der Waals surface area contributed by atoms with Gasteiger partial charge in [-0.1, -0.05) is 11.6 Å². The number of hydrogen-bond acceptors (Lipinski definition) is 5. The molecule has 0 saturated heterocycles. The van der Waals surface area contributed by atoms with E-state index in [4.69, 9.17) is 25.8 Å². The Balaban J connectivity index is 1.81. The third-order valence-electron chi connectivity index (χ3n) is 3.82. The van der Waals surface area contributed by atoms with E-state index in [1.54, 1.807) is 30.8 Å². The number of carbonyl (C=O) groups is 1. The standard InChI is InChI=1S/C16H17ClN2O4/c1-9-14(10(2)19(3)18-9)16(20)22-7-12-5-13(17)4-11-6-21-8-23-15(11)12/h4-5H,6-8H2,1-3H3. The van der Waals surface area contributed by atoms with Gasteiger partial charge < -0.3 is 14.2 Å². The molecule has 0 saturated carbocycles. The first kappa shape index (κ1) is 15.8. The van der Waals surface area contributed by atoms with E-state index in [9.17, 15) is 4.79 Å². The third-order valence-corrected chi connectivity index (χ3v) is 4.04.